The summed E-state index contributed by atoms with van der Waals surface area (Å²) in [5.74, 6) is -0.467. The van der Waals surface area contributed by atoms with Crippen molar-refractivity contribution in [2.75, 3.05) is 13.2 Å². The van der Waals surface area contributed by atoms with Gasteiger partial charge in [-0.2, -0.15) is 0 Å². The average Bonchev–Trinajstić information content (AvgIpc) is 2.97. The molecule has 2 atom stereocenters. The molecule has 0 radical (unpaired) electrons. The lowest BCUT2D eigenvalue weighted by atomic mass is 9.99. The third-order valence-electron chi connectivity index (χ3n) is 5.43. The number of imide groups is 1. The molecule has 0 fully saturated rings. The van der Waals surface area contributed by atoms with Crippen molar-refractivity contribution in [1.29, 1.82) is 0 Å². The quantitative estimate of drug-likeness (QED) is 0.147. The molecule has 3 aromatic rings. The molecule has 0 heterocycles. The van der Waals surface area contributed by atoms with Crippen molar-refractivity contribution in [1.82, 2.24) is 10.8 Å². The van der Waals surface area contributed by atoms with Gasteiger partial charge in [-0.05, 0) is 43.2 Å². The molecule has 3 amide bonds. The molecule has 0 aliphatic heterocycles. The van der Waals surface area contributed by atoms with Gasteiger partial charge in [-0.15, -0.1) is 0 Å². The van der Waals surface area contributed by atoms with Crippen LogP contribution in [0, 0.1) is 0 Å². The molecule has 0 saturated carbocycles. The Morgan fingerprint density at radius 1 is 0.897 bits per heavy atom. The molecular formula is C29H30N2O8. The number of hydroxylamine groups is 1. The predicted molar refractivity (Wildman–Crippen MR) is 141 cm³/mol. The van der Waals surface area contributed by atoms with E-state index < -0.39 is 30.1 Å². The SMILES string of the molecule is O=C(/C=C/CC[C@H](Oc1ccccc1)[C@@H](OC(=O)NC(=O)c1ccccc1)c1ccccc1OCCO)NO. The highest BCUT2D eigenvalue weighted by atomic mass is 16.6. The smallest absolute Gasteiger partial charge is 0.414 e. The number of allylic oxidation sites excluding steroid dienone is 1. The van der Waals surface area contributed by atoms with Crippen LogP contribution in [0.5, 0.6) is 11.5 Å². The number of hydrogen-bond donors (Lipinski definition) is 4. The van der Waals surface area contributed by atoms with E-state index in [1.165, 1.54) is 17.6 Å². The first kappa shape index (κ1) is 28.9. The number of ether oxygens (including phenoxy) is 3. The molecule has 39 heavy (non-hydrogen) atoms. The van der Waals surface area contributed by atoms with Crippen molar-refractivity contribution in [3.8, 4) is 11.5 Å². The molecule has 10 nitrogen and oxygen atoms in total. The van der Waals surface area contributed by atoms with Crippen LogP contribution in [0.15, 0.2) is 97.1 Å². The van der Waals surface area contributed by atoms with E-state index >= 15 is 0 Å². The fraction of sp³-hybridized carbons (Fsp3) is 0.207. The van der Waals surface area contributed by atoms with Crippen LogP contribution >= 0.6 is 0 Å². The zero-order valence-electron chi connectivity index (χ0n) is 21.1. The van der Waals surface area contributed by atoms with Crippen molar-refractivity contribution in [3.05, 3.63) is 108 Å². The summed E-state index contributed by atoms with van der Waals surface area (Å²) in [4.78, 5) is 36.9. The molecule has 0 aliphatic rings. The summed E-state index contributed by atoms with van der Waals surface area (Å²) in [6.45, 7) is -0.223. The number of para-hydroxylation sites is 2. The highest BCUT2D eigenvalue weighted by Gasteiger charge is 2.32. The molecule has 0 unspecified atom stereocenters. The van der Waals surface area contributed by atoms with Gasteiger partial charge in [-0.25, -0.2) is 10.3 Å². The van der Waals surface area contributed by atoms with E-state index in [0.717, 1.165) is 0 Å². The van der Waals surface area contributed by atoms with Crippen molar-refractivity contribution >= 4 is 17.9 Å². The van der Waals surface area contributed by atoms with E-state index in [-0.39, 0.29) is 25.2 Å². The summed E-state index contributed by atoms with van der Waals surface area (Å²) in [7, 11) is 0. The van der Waals surface area contributed by atoms with Gasteiger partial charge in [0, 0.05) is 17.2 Å². The Balaban J connectivity index is 1.93. The first-order valence-electron chi connectivity index (χ1n) is 12.2. The van der Waals surface area contributed by atoms with Gasteiger partial charge in [0.2, 0.25) is 0 Å². The van der Waals surface area contributed by atoms with Gasteiger partial charge in [0.1, 0.15) is 24.2 Å². The van der Waals surface area contributed by atoms with Gasteiger partial charge in [0.05, 0.1) is 6.61 Å². The number of alkyl carbamates (subject to hydrolysis) is 1. The third-order valence-corrected chi connectivity index (χ3v) is 5.43. The Hall–Kier alpha value is -4.67. The lowest BCUT2D eigenvalue weighted by Crippen LogP contribution is -2.36. The van der Waals surface area contributed by atoms with Crippen LogP contribution in [0.25, 0.3) is 0 Å². The molecule has 0 spiro atoms. The minimum Gasteiger partial charge on any atom is -0.491 e. The Morgan fingerprint density at radius 3 is 2.26 bits per heavy atom. The monoisotopic (exact) mass is 534 g/mol. The molecule has 0 aliphatic carbocycles. The summed E-state index contributed by atoms with van der Waals surface area (Å²) in [5.41, 5.74) is 2.25. The van der Waals surface area contributed by atoms with Gasteiger partial charge in [-0.1, -0.05) is 60.7 Å². The van der Waals surface area contributed by atoms with Crippen LogP contribution < -0.4 is 20.3 Å². The molecule has 3 rings (SSSR count). The Bertz CT molecular complexity index is 1230. The van der Waals surface area contributed by atoms with Gasteiger partial charge in [-0.3, -0.25) is 20.1 Å². The lowest BCUT2D eigenvalue weighted by Gasteiger charge is -2.29. The van der Waals surface area contributed by atoms with Crippen LogP contribution in [-0.2, 0) is 9.53 Å². The van der Waals surface area contributed by atoms with Crippen LogP contribution in [0.3, 0.4) is 0 Å². The van der Waals surface area contributed by atoms with Crippen LogP contribution in [-0.4, -0.2) is 47.5 Å². The normalized spacial score (nSPS) is 12.3. The number of nitrogens with one attached hydrogen (secondary N) is 2. The number of carbonyl (C=O) groups excluding carboxylic acids is 3. The van der Waals surface area contributed by atoms with Crippen molar-refractivity contribution in [2.24, 2.45) is 0 Å². The molecule has 4 N–H and O–H groups in total. The van der Waals surface area contributed by atoms with Crippen LogP contribution in [0.2, 0.25) is 0 Å². The number of amides is 3. The zero-order chi connectivity index (χ0) is 27.9. The molecule has 204 valence electrons. The third kappa shape index (κ3) is 9.29. The van der Waals surface area contributed by atoms with Gasteiger partial charge in [0.25, 0.3) is 11.8 Å². The first-order valence-corrected chi connectivity index (χ1v) is 12.2. The number of aliphatic hydroxyl groups excluding tert-OH is 1. The minimum atomic E-state index is -1.07. The number of carbonyl (C=O) groups is 3. The summed E-state index contributed by atoms with van der Waals surface area (Å²) in [6.07, 6.45) is 0.422. The van der Waals surface area contributed by atoms with E-state index in [2.05, 4.69) is 5.32 Å². The summed E-state index contributed by atoms with van der Waals surface area (Å²) >= 11 is 0. The Morgan fingerprint density at radius 2 is 1.56 bits per heavy atom. The second-order valence-electron chi connectivity index (χ2n) is 8.18. The van der Waals surface area contributed by atoms with Gasteiger partial charge < -0.3 is 19.3 Å². The molecule has 0 saturated heterocycles. The van der Waals surface area contributed by atoms with Crippen molar-refractivity contribution in [3.63, 3.8) is 0 Å². The van der Waals surface area contributed by atoms with Crippen molar-refractivity contribution in [2.45, 2.75) is 25.0 Å². The molecule has 0 bridgehead atoms. The van der Waals surface area contributed by atoms with E-state index in [1.54, 1.807) is 78.9 Å². The summed E-state index contributed by atoms with van der Waals surface area (Å²) in [5, 5.41) is 20.2. The maximum absolute atomic E-state index is 13.0. The van der Waals surface area contributed by atoms with Gasteiger partial charge in [0.15, 0.2) is 6.10 Å². The Kier molecular flexibility index (Phi) is 11.5. The van der Waals surface area contributed by atoms with E-state index in [0.29, 0.717) is 23.5 Å². The second kappa shape index (κ2) is 15.6. The van der Waals surface area contributed by atoms with Crippen LogP contribution in [0.4, 0.5) is 4.79 Å². The van der Waals surface area contributed by atoms with E-state index in [9.17, 15) is 19.5 Å². The number of benzene rings is 3. The first-order chi connectivity index (χ1) is 19.0. The van der Waals surface area contributed by atoms with Gasteiger partial charge >= 0.3 is 6.09 Å². The second-order valence-corrected chi connectivity index (χ2v) is 8.18. The van der Waals surface area contributed by atoms with Crippen molar-refractivity contribution < 1.29 is 38.9 Å². The number of aliphatic hydroxyl groups is 1. The summed E-state index contributed by atoms with van der Waals surface area (Å²) in [6, 6.07) is 23.9. The molecule has 0 aromatic heterocycles. The molecule has 10 heteroatoms. The Labute approximate surface area is 225 Å². The number of rotatable bonds is 13. The highest BCUT2D eigenvalue weighted by molar-refractivity contribution is 6.02. The molecule has 3 aromatic carbocycles. The fourth-order valence-corrected chi connectivity index (χ4v) is 3.68. The standard InChI is InChI=1S/C29H30N2O8/c32-19-20-37-24-16-8-7-15-23(24)27(39-29(35)30-28(34)21-11-3-1-4-12-21)25(17-9-10-18-26(33)31-36)38-22-13-5-2-6-14-22/h1-8,10-16,18,25,27,32,36H,9,17,19-20H2,(H,31,33)(H,30,34,35)/b18-10+/t25-,27-/m0/s1. The zero-order valence-corrected chi connectivity index (χ0v) is 21.1. The maximum atomic E-state index is 13.0. The largest absolute Gasteiger partial charge is 0.491 e. The minimum absolute atomic E-state index is 0.00560. The molecular weight excluding hydrogens is 504 g/mol. The fourth-order valence-electron chi connectivity index (χ4n) is 3.68. The summed E-state index contributed by atoms with van der Waals surface area (Å²) < 4.78 is 17.7. The number of hydrogen-bond acceptors (Lipinski definition) is 8. The lowest BCUT2D eigenvalue weighted by molar-refractivity contribution is -0.124. The topological polar surface area (TPSA) is 143 Å². The highest BCUT2D eigenvalue weighted by Crippen LogP contribution is 2.34. The maximum Gasteiger partial charge on any atom is 0.414 e. The predicted octanol–water partition coefficient (Wildman–Crippen LogP) is 3.95. The van der Waals surface area contributed by atoms with E-state index in [1.807, 2.05) is 6.07 Å². The average molecular weight is 535 g/mol. The van der Waals surface area contributed by atoms with Crippen LogP contribution in [0.1, 0.15) is 34.9 Å². The van der Waals surface area contributed by atoms with E-state index in [4.69, 9.17) is 19.4 Å².